The molecule has 0 saturated heterocycles. The number of hydrogen-bond acceptors (Lipinski definition) is 3. The molecule has 0 atom stereocenters. The van der Waals surface area contributed by atoms with Gasteiger partial charge in [0.1, 0.15) is 5.82 Å². The monoisotopic (exact) mass is 371 g/mol. The molecule has 4 nitrogen and oxygen atoms in total. The maximum atomic E-state index is 13.4. The van der Waals surface area contributed by atoms with Crippen LogP contribution in [0.25, 0.3) is 0 Å². The third-order valence-corrected chi connectivity index (χ3v) is 4.06. The van der Waals surface area contributed by atoms with Crippen molar-refractivity contribution in [2.24, 2.45) is 0 Å². The summed E-state index contributed by atoms with van der Waals surface area (Å²) < 4.78 is 38.0. The lowest BCUT2D eigenvalue weighted by atomic mass is 10.0. The van der Waals surface area contributed by atoms with E-state index in [1.54, 1.807) is 0 Å². The van der Waals surface area contributed by atoms with Gasteiger partial charge in [-0.2, -0.15) is 0 Å². The summed E-state index contributed by atoms with van der Waals surface area (Å²) in [5.41, 5.74) is 0.895. The largest absolute Gasteiger partial charge is 0.289 e. The first-order chi connectivity index (χ1) is 9.78. The Morgan fingerprint density at radius 3 is 2.33 bits per heavy atom. The van der Waals surface area contributed by atoms with Gasteiger partial charge >= 0.3 is 0 Å². The lowest BCUT2D eigenvalue weighted by molar-refractivity contribution is 0.103. The highest BCUT2D eigenvalue weighted by Gasteiger charge is 2.15. The van der Waals surface area contributed by atoms with Gasteiger partial charge < -0.3 is 0 Å². The quantitative estimate of drug-likeness (QED) is 0.839. The molecule has 7 heteroatoms. The molecule has 0 aromatic heterocycles. The Kier molecular flexibility index (Phi) is 4.43. The van der Waals surface area contributed by atoms with Gasteiger partial charge in [-0.25, -0.2) is 12.8 Å². The average molecular weight is 372 g/mol. The molecule has 0 aliphatic carbocycles. The topological polar surface area (TPSA) is 63.2 Å². The molecular formula is C14H11BrFNO3S. The van der Waals surface area contributed by atoms with Crippen LogP contribution in [0.4, 0.5) is 10.1 Å². The van der Waals surface area contributed by atoms with Gasteiger partial charge in [-0.3, -0.25) is 9.52 Å². The lowest BCUT2D eigenvalue weighted by Gasteiger charge is -2.07. The second-order valence-electron chi connectivity index (χ2n) is 4.38. The van der Waals surface area contributed by atoms with Crippen molar-refractivity contribution in [1.29, 1.82) is 0 Å². The van der Waals surface area contributed by atoms with Crippen molar-refractivity contribution >= 4 is 37.4 Å². The highest BCUT2D eigenvalue weighted by Crippen LogP contribution is 2.23. The number of carbonyl (C=O) groups is 1. The lowest BCUT2D eigenvalue weighted by Crippen LogP contribution is -2.10. The van der Waals surface area contributed by atoms with Crippen molar-refractivity contribution in [2.45, 2.75) is 0 Å². The predicted octanol–water partition coefficient (Wildman–Crippen LogP) is 3.19. The third kappa shape index (κ3) is 3.89. The highest BCUT2D eigenvalue weighted by molar-refractivity contribution is 9.10. The Morgan fingerprint density at radius 1 is 1.14 bits per heavy atom. The number of carbonyl (C=O) groups excluding carboxylic acids is 1. The van der Waals surface area contributed by atoms with Crippen molar-refractivity contribution in [3.63, 3.8) is 0 Å². The van der Waals surface area contributed by atoms with E-state index >= 15 is 0 Å². The summed E-state index contributed by atoms with van der Waals surface area (Å²) in [7, 11) is -3.37. The Balaban J connectivity index is 2.30. The van der Waals surface area contributed by atoms with E-state index in [2.05, 4.69) is 20.7 Å². The third-order valence-electron chi connectivity index (χ3n) is 2.65. The summed E-state index contributed by atoms with van der Waals surface area (Å²) in [6.45, 7) is 0. The smallest absolute Gasteiger partial charge is 0.229 e. The summed E-state index contributed by atoms with van der Waals surface area (Å²) in [6, 6.07) is 10.1. The fourth-order valence-corrected chi connectivity index (χ4v) is 2.75. The maximum Gasteiger partial charge on any atom is 0.229 e. The number of halogens is 2. The van der Waals surface area contributed by atoms with Crippen LogP contribution in [0.2, 0.25) is 0 Å². The van der Waals surface area contributed by atoms with Gasteiger partial charge in [-0.15, -0.1) is 0 Å². The number of nitrogens with one attached hydrogen (secondary N) is 1. The summed E-state index contributed by atoms with van der Waals surface area (Å²) in [5, 5.41) is 0. The van der Waals surface area contributed by atoms with Crippen LogP contribution in [0, 0.1) is 5.82 Å². The van der Waals surface area contributed by atoms with Gasteiger partial charge in [-0.1, -0.05) is 6.07 Å². The van der Waals surface area contributed by atoms with Gasteiger partial charge in [-0.05, 0) is 52.3 Å². The second-order valence-corrected chi connectivity index (χ2v) is 6.92. The van der Waals surface area contributed by atoms with Crippen molar-refractivity contribution in [2.75, 3.05) is 11.0 Å². The molecule has 0 unspecified atom stereocenters. The van der Waals surface area contributed by atoms with E-state index < -0.39 is 15.8 Å². The van der Waals surface area contributed by atoms with Crippen LogP contribution in [0.15, 0.2) is 46.9 Å². The minimum absolute atomic E-state index is 0.105. The molecular weight excluding hydrogens is 361 g/mol. The first-order valence-corrected chi connectivity index (χ1v) is 8.53. The van der Waals surface area contributed by atoms with Crippen LogP contribution in [-0.2, 0) is 10.0 Å². The normalized spacial score (nSPS) is 11.2. The van der Waals surface area contributed by atoms with Crippen LogP contribution in [0.3, 0.4) is 0 Å². The molecule has 110 valence electrons. The second kappa shape index (κ2) is 5.95. The van der Waals surface area contributed by atoms with E-state index in [9.17, 15) is 17.6 Å². The van der Waals surface area contributed by atoms with Crippen LogP contribution >= 0.6 is 15.9 Å². The highest BCUT2D eigenvalue weighted by atomic mass is 79.9. The zero-order valence-electron chi connectivity index (χ0n) is 10.9. The van der Waals surface area contributed by atoms with Crippen molar-refractivity contribution in [3.8, 4) is 0 Å². The van der Waals surface area contributed by atoms with Crippen molar-refractivity contribution in [1.82, 2.24) is 0 Å². The Bertz CT molecular complexity index is 788. The molecule has 0 aliphatic heterocycles. The standard InChI is InChI=1S/C14H11BrFNO3S/c1-21(19,20)17-10-7-5-9(6-8-10)14(18)11-3-2-4-12(16)13(11)15/h2-8,17H,1H3. The fraction of sp³-hybridized carbons (Fsp3) is 0.0714. The van der Waals surface area contributed by atoms with Gasteiger partial charge in [0.05, 0.1) is 10.7 Å². The minimum Gasteiger partial charge on any atom is -0.289 e. The van der Waals surface area contributed by atoms with Crippen molar-refractivity contribution in [3.05, 3.63) is 63.9 Å². The molecule has 21 heavy (non-hydrogen) atoms. The van der Waals surface area contributed by atoms with Crippen LogP contribution < -0.4 is 4.72 Å². The molecule has 1 N–H and O–H groups in total. The molecule has 0 amide bonds. The van der Waals surface area contributed by atoms with E-state index in [0.29, 0.717) is 11.3 Å². The zero-order chi connectivity index (χ0) is 15.6. The Labute approximate surface area is 130 Å². The Hall–Kier alpha value is -1.73. The predicted molar refractivity (Wildman–Crippen MR) is 82.4 cm³/mol. The molecule has 0 heterocycles. The summed E-state index contributed by atoms with van der Waals surface area (Å²) in [6.07, 6.45) is 1.04. The number of anilines is 1. The average Bonchev–Trinajstić information content (AvgIpc) is 2.40. The SMILES string of the molecule is CS(=O)(=O)Nc1ccc(C(=O)c2cccc(F)c2Br)cc1. The van der Waals surface area contributed by atoms with Gasteiger partial charge in [0, 0.05) is 16.8 Å². The number of benzene rings is 2. The van der Waals surface area contributed by atoms with Gasteiger partial charge in [0.15, 0.2) is 5.78 Å². The molecule has 0 radical (unpaired) electrons. The molecule has 0 bridgehead atoms. The number of hydrogen-bond donors (Lipinski definition) is 1. The number of rotatable bonds is 4. The van der Waals surface area contributed by atoms with Gasteiger partial charge in [0.25, 0.3) is 0 Å². The number of sulfonamides is 1. The first kappa shape index (κ1) is 15.7. The summed E-state index contributed by atoms with van der Waals surface area (Å²) in [4.78, 5) is 12.3. The van der Waals surface area contributed by atoms with E-state index in [4.69, 9.17) is 0 Å². The molecule has 0 aliphatic rings. The fourth-order valence-electron chi connectivity index (χ4n) is 1.74. The maximum absolute atomic E-state index is 13.4. The Morgan fingerprint density at radius 2 is 1.76 bits per heavy atom. The minimum atomic E-state index is -3.37. The van der Waals surface area contributed by atoms with Crippen LogP contribution in [-0.4, -0.2) is 20.5 Å². The molecule has 0 saturated carbocycles. The van der Waals surface area contributed by atoms with E-state index in [-0.39, 0.29) is 15.8 Å². The van der Waals surface area contributed by atoms with Crippen molar-refractivity contribution < 1.29 is 17.6 Å². The van der Waals surface area contributed by atoms with E-state index in [1.807, 2.05) is 0 Å². The molecule has 2 rings (SSSR count). The van der Waals surface area contributed by atoms with Crippen LogP contribution in [0.5, 0.6) is 0 Å². The first-order valence-electron chi connectivity index (χ1n) is 5.84. The summed E-state index contributed by atoms with van der Waals surface area (Å²) in [5.74, 6) is -0.872. The number of ketones is 1. The summed E-state index contributed by atoms with van der Waals surface area (Å²) >= 11 is 3.04. The van der Waals surface area contributed by atoms with Gasteiger partial charge in [0.2, 0.25) is 10.0 Å². The zero-order valence-corrected chi connectivity index (χ0v) is 13.3. The van der Waals surface area contributed by atoms with E-state index in [1.165, 1.54) is 42.5 Å². The molecule has 2 aromatic rings. The molecule has 0 fully saturated rings. The van der Waals surface area contributed by atoms with Crippen LogP contribution in [0.1, 0.15) is 15.9 Å². The molecule has 0 spiro atoms. The molecule has 2 aromatic carbocycles. The van der Waals surface area contributed by atoms with E-state index in [0.717, 1.165) is 6.26 Å².